The molecule has 120 valence electrons. The number of fused-ring (bicyclic) bond motifs is 3. The number of ether oxygens (including phenoxy) is 2. The molecule has 4 heteroatoms. The summed E-state index contributed by atoms with van der Waals surface area (Å²) in [6.07, 6.45) is 2.32. The lowest BCUT2D eigenvalue weighted by atomic mass is 10.0. The Hall–Kier alpha value is -2.36. The Labute approximate surface area is 136 Å². The van der Waals surface area contributed by atoms with E-state index in [2.05, 4.69) is 4.90 Å². The van der Waals surface area contributed by atoms with Crippen LogP contribution >= 0.6 is 0 Å². The van der Waals surface area contributed by atoms with E-state index in [1.807, 2.05) is 44.2 Å². The molecule has 2 aliphatic rings. The van der Waals surface area contributed by atoms with Crippen LogP contribution in [0, 0.1) is 13.8 Å². The van der Waals surface area contributed by atoms with E-state index in [1.165, 1.54) is 0 Å². The number of aromatic hydroxyl groups is 1. The maximum absolute atomic E-state index is 10.7. The first-order chi connectivity index (χ1) is 11.2. The Balaban J connectivity index is 1.69. The molecule has 0 amide bonds. The standard InChI is InChI=1S/C19H21NO3/c1-12-15(11-22-14-7-4-3-5-8-14)18(21)13(2)17-19(12)23-16-9-6-10-20(16)17/h3-5,7-8,16,21H,6,9-11H2,1-2H3. The second-order valence-corrected chi connectivity index (χ2v) is 6.26. The number of phenols is 1. The molecule has 2 heterocycles. The van der Waals surface area contributed by atoms with Crippen LogP contribution in [0.2, 0.25) is 0 Å². The van der Waals surface area contributed by atoms with E-state index in [-0.39, 0.29) is 6.23 Å². The van der Waals surface area contributed by atoms with Crippen LogP contribution in [0.25, 0.3) is 0 Å². The summed E-state index contributed by atoms with van der Waals surface area (Å²) in [6, 6.07) is 9.66. The van der Waals surface area contributed by atoms with Crippen molar-refractivity contribution in [2.45, 2.75) is 39.5 Å². The fourth-order valence-electron chi connectivity index (χ4n) is 3.59. The van der Waals surface area contributed by atoms with Crippen LogP contribution in [-0.4, -0.2) is 17.9 Å². The van der Waals surface area contributed by atoms with Crippen molar-refractivity contribution in [2.24, 2.45) is 0 Å². The summed E-state index contributed by atoms with van der Waals surface area (Å²) in [5, 5.41) is 10.7. The molecular weight excluding hydrogens is 290 g/mol. The molecule has 0 radical (unpaired) electrons. The first-order valence-electron chi connectivity index (χ1n) is 8.13. The maximum atomic E-state index is 10.7. The summed E-state index contributed by atoms with van der Waals surface area (Å²) in [5.74, 6) is 2.04. The van der Waals surface area contributed by atoms with Crippen molar-refractivity contribution in [2.75, 3.05) is 11.4 Å². The Kier molecular flexibility index (Phi) is 3.33. The van der Waals surface area contributed by atoms with Crippen LogP contribution in [0.15, 0.2) is 30.3 Å². The Morgan fingerprint density at radius 2 is 2.00 bits per heavy atom. The van der Waals surface area contributed by atoms with E-state index >= 15 is 0 Å². The molecule has 0 saturated carbocycles. The van der Waals surface area contributed by atoms with Gasteiger partial charge >= 0.3 is 0 Å². The smallest absolute Gasteiger partial charge is 0.172 e. The molecule has 2 aromatic carbocycles. The number of hydrogen-bond acceptors (Lipinski definition) is 4. The van der Waals surface area contributed by atoms with Crippen molar-refractivity contribution in [3.63, 3.8) is 0 Å². The molecule has 2 aromatic rings. The summed E-state index contributed by atoms with van der Waals surface area (Å²) in [5.41, 5.74) is 3.74. The van der Waals surface area contributed by atoms with Gasteiger partial charge < -0.3 is 19.5 Å². The normalized spacial score (nSPS) is 18.5. The quantitative estimate of drug-likeness (QED) is 0.933. The van der Waals surface area contributed by atoms with Gasteiger partial charge in [-0.2, -0.15) is 0 Å². The molecule has 2 aliphatic heterocycles. The minimum absolute atomic E-state index is 0.132. The fourth-order valence-corrected chi connectivity index (χ4v) is 3.59. The molecule has 1 unspecified atom stereocenters. The highest BCUT2D eigenvalue weighted by Gasteiger charge is 2.38. The van der Waals surface area contributed by atoms with Crippen molar-refractivity contribution in [1.82, 2.24) is 0 Å². The van der Waals surface area contributed by atoms with Crippen molar-refractivity contribution in [1.29, 1.82) is 0 Å². The molecule has 4 rings (SSSR count). The third-order valence-electron chi connectivity index (χ3n) is 4.87. The highest BCUT2D eigenvalue weighted by molar-refractivity contribution is 5.75. The minimum atomic E-state index is 0.132. The van der Waals surface area contributed by atoms with Gasteiger partial charge in [-0.15, -0.1) is 0 Å². The van der Waals surface area contributed by atoms with E-state index < -0.39 is 0 Å². The monoisotopic (exact) mass is 311 g/mol. The predicted molar refractivity (Wildman–Crippen MR) is 89.4 cm³/mol. The molecule has 1 saturated heterocycles. The largest absolute Gasteiger partial charge is 0.507 e. The van der Waals surface area contributed by atoms with E-state index in [0.29, 0.717) is 12.4 Å². The number of phenolic OH excluding ortho intramolecular Hbond substituents is 1. The number of nitrogens with zero attached hydrogens (tertiary/aromatic N) is 1. The summed E-state index contributed by atoms with van der Waals surface area (Å²) >= 11 is 0. The molecule has 0 aromatic heterocycles. The SMILES string of the molecule is Cc1c(COc2ccccc2)c(O)c(C)c2c1OC1CCCN21. The van der Waals surface area contributed by atoms with E-state index in [0.717, 1.165) is 53.3 Å². The van der Waals surface area contributed by atoms with Crippen LogP contribution < -0.4 is 14.4 Å². The van der Waals surface area contributed by atoms with Crippen molar-refractivity contribution in [3.05, 3.63) is 47.0 Å². The number of anilines is 1. The lowest BCUT2D eigenvalue weighted by Gasteiger charge is -2.19. The molecule has 0 spiro atoms. The molecule has 1 N–H and O–H groups in total. The first-order valence-corrected chi connectivity index (χ1v) is 8.13. The van der Waals surface area contributed by atoms with Crippen LogP contribution in [0.4, 0.5) is 5.69 Å². The second-order valence-electron chi connectivity index (χ2n) is 6.26. The number of benzene rings is 2. The highest BCUT2D eigenvalue weighted by Crippen LogP contribution is 2.50. The molecular formula is C19H21NO3. The van der Waals surface area contributed by atoms with Crippen molar-refractivity contribution < 1.29 is 14.6 Å². The zero-order valence-electron chi connectivity index (χ0n) is 13.5. The van der Waals surface area contributed by atoms with Crippen LogP contribution in [0.1, 0.15) is 29.5 Å². The topological polar surface area (TPSA) is 41.9 Å². The molecule has 1 fully saturated rings. The summed E-state index contributed by atoms with van der Waals surface area (Å²) in [7, 11) is 0. The zero-order chi connectivity index (χ0) is 16.0. The lowest BCUT2D eigenvalue weighted by molar-refractivity contribution is 0.236. The van der Waals surface area contributed by atoms with Gasteiger partial charge in [-0.3, -0.25) is 0 Å². The van der Waals surface area contributed by atoms with Gasteiger partial charge in [-0.1, -0.05) is 18.2 Å². The van der Waals surface area contributed by atoms with E-state index in [9.17, 15) is 5.11 Å². The zero-order valence-corrected chi connectivity index (χ0v) is 13.5. The number of rotatable bonds is 3. The Morgan fingerprint density at radius 3 is 2.78 bits per heavy atom. The second kappa shape index (κ2) is 5.37. The van der Waals surface area contributed by atoms with Crippen LogP contribution in [0.5, 0.6) is 17.2 Å². The van der Waals surface area contributed by atoms with E-state index in [1.54, 1.807) is 0 Å². The Bertz CT molecular complexity index is 742. The van der Waals surface area contributed by atoms with Gasteiger partial charge in [0.1, 0.15) is 23.9 Å². The van der Waals surface area contributed by atoms with Crippen LogP contribution in [-0.2, 0) is 6.61 Å². The van der Waals surface area contributed by atoms with Gasteiger partial charge in [0, 0.05) is 29.7 Å². The average Bonchev–Trinajstić information content (AvgIpc) is 3.14. The summed E-state index contributed by atoms with van der Waals surface area (Å²) in [4.78, 5) is 2.28. The van der Waals surface area contributed by atoms with Crippen molar-refractivity contribution in [3.8, 4) is 17.2 Å². The fraction of sp³-hybridized carbons (Fsp3) is 0.368. The highest BCUT2D eigenvalue weighted by atomic mass is 16.5. The van der Waals surface area contributed by atoms with Gasteiger partial charge in [0.15, 0.2) is 6.23 Å². The molecule has 0 bridgehead atoms. The van der Waals surface area contributed by atoms with Gasteiger partial charge in [-0.25, -0.2) is 0 Å². The van der Waals surface area contributed by atoms with Crippen LogP contribution in [0.3, 0.4) is 0 Å². The van der Waals surface area contributed by atoms with Gasteiger partial charge in [0.25, 0.3) is 0 Å². The van der Waals surface area contributed by atoms with E-state index in [4.69, 9.17) is 9.47 Å². The number of hydrogen-bond donors (Lipinski definition) is 1. The Morgan fingerprint density at radius 1 is 1.22 bits per heavy atom. The van der Waals surface area contributed by atoms with Crippen molar-refractivity contribution >= 4 is 5.69 Å². The predicted octanol–water partition coefficient (Wildman–Crippen LogP) is 3.91. The van der Waals surface area contributed by atoms with Gasteiger partial charge in [0.05, 0.1) is 5.69 Å². The maximum Gasteiger partial charge on any atom is 0.172 e. The number of para-hydroxylation sites is 1. The molecule has 23 heavy (non-hydrogen) atoms. The minimum Gasteiger partial charge on any atom is -0.507 e. The summed E-state index contributed by atoms with van der Waals surface area (Å²) < 4.78 is 12.0. The van der Waals surface area contributed by atoms with Gasteiger partial charge in [-0.05, 0) is 32.4 Å². The molecule has 4 nitrogen and oxygen atoms in total. The summed E-state index contributed by atoms with van der Waals surface area (Å²) in [6.45, 7) is 5.30. The molecule has 1 atom stereocenters. The lowest BCUT2D eigenvalue weighted by Crippen LogP contribution is -2.27. The average molecular weight is 311 g/mol. The third-order valence-corrected chi connectivity index (χ3v) is 4.87. The first kappa shape index (κ1) is 14.2. The third kappa shape index (κ3) is 2.21. The molecule has 0 aliphatic carbocycles. The van der Waals surface area contributed by atoms with Gasteiger partial charge in [0.2, 0.25) is 0 Å².